The zero-order valence-corrected chi connectivity index (χ0v) is 10.8. The second-order valence-electron chi connectivity index (χ2n) is 5.92. The van der Waals surface area contributed by atoms with Crippen LogP contribution in [0.3, 0.4) is 0 Å². The fourth-order valence-electron chi connectivity index (χ4n) is 3.05. The van der Waals surface area contributed by atoms with E-state index in [1.54, 1.807) is 4.90 Å². The molecule has 0 atom stereocenters. The average Bonchev–Trinajstić information content (AvgIpc) is 2.30. The first-order valence-electron chi connectivity index (χ1n) is 6.79. The topological polar surface area (TPSA) is 43.8 Å². The molecule has 4 nitrogen and oxygen atoms in total. The van der Waals surface area contributed by atoms with E-state index >= 15 is 0 Å². The Bertz CT molecular complexity index is 267. The van der Waals surface area contributed by atoms with Gasteiger partial charge in [0.2, 0.25) is 0 Å². The van der Waals surface area contributed by atoms with E-state index in [0.29, 0.717) is 18.5 Å². The van der Waals surface area contributed by atoms with Crippen molar-refractivity contribution < 1.29 is 9.90 Å². The van der Waals surface area contributed by atoms with Gasteiger partial charge >= 0.3 is 6.09 Å². The Morgan fingerprint density at radius 1 is 1.12 bits per heavy atom. The minimum Gasteiger partial charge on any atom is -0.465 e. The molecule has 0 aromatic carbocycles. The summed E-state index contributed by atoms with van der Waals surface area (Å²) in [5.41, 5.74) is 0.323. The summed E-state index contributed by atoms with van der Waals surface area (Å²) in [6, 6.07) is 0. The highest BCUT2D eigenvalue weighted by atomic mass is 16.4. The number of hydrogen-bond donors (Lipinski definition) is 1. The van der Waals surface area contributed by atoms with Gasteiger partial charge in [0.05, 0.1) is 0 Å². The molecule has 1 N–H and O–H groups in total. The van der Waals surface area contributed by atoms with Crippen LogP contribution in [0.4, 0.5) is 4.79 Å². The Kier molecular flexibility index (Phi) is 3.92. The molecule has 2 aliphatic heterocycles. The van der Waals surface area contributed by atoms with E-state index in [0.717, 1.165) is 19.4 Å². The normalized spacial score (nSPS) is 25.8. The fraction of sp³-hybridized carbons (Fsp3) is 0.923. The summed E-state index contributed by atoms with van der Waals surface area (Å²) in [5, 5.41) is 8.95. The SMILES string of the molecule is CC1(CN2CCCCC2)CCN(C(=O)O)CC1. The fourth-order valence-corrected chi connectivity index (χ4v) is 3.05. The van der Waals surface area contributed by atoms with Crippen LogP contribution in [0.2, 0.25) is 0 Å². The lowest BCUT2D eigenvalue weighted by molar-refractivity contribution is 0.0647. The molecular weight excluding hydrogens is 216 g/mol. The first kappa shape index (κ1) is 12.7. The minimum absolute atomic E-state index is 0.323. The molecule has 4 heteroatoms. The molecule has 0 aromatic heterocycles. The number of amides is 1. The van der Waals surface area contributed by atoms with Crippen molar-refractivity contribution in [3.05, 3.63) is 0 Å². The summed E-state index contributed by atoms with van der Waals surface area (Å²) in [5.74, 6) is 0. The summed E-state index contributed by atoms with van der Waals surface area (Å²) >= 11 is 0. The highest BCUT2D eigenvalue weighted by molar-refractivity contribution is 5.65. The van der Waals surface area contributed by atoms with Gasteiger partial charge in [-0.1, -0.05) is 13.3 Å². The third-order valence-corrected chi connectivity index (χ3v) is 4.30. The van der Waals surface area contributed by atoms with Gasteiger partial charge < -0.3 is 14.9 Å². The molecule has 0 saturated carbocycles. The zero-order chi connectivity index (χ0) is 12.3. The third-order valence-electron chi connectivity index (χ3n) is 4.30. The maximum atomic E-state index is 10.9. The molecule has 1 amide bonds. The quantitative estimate of drug-likeness (QED) is 0.805. The van der Waals surface area contributed by atoms with Gasteiger partial charge in [-0.2, -0.15) is 0 Å². The Morgan fingerprint density at radius 2 is 1.71 bits per heavy atom. The smallest absolute Gasteiger partial charge is 0.407 e. The van der Waals surface area contributed by atoms with Crippen LogP contribution in [-0.2, 0) is 0 Å². The Labute approximate surface area is 104 Å². The molecule has 2 rings (SSSR count). The molecule has 0 unspecified atom stereocenters. The van der Waals surface area contributed by atoms with E-state index in [4.69, 9.17) is 5.11 Å². The van der Waals surface area contributed by atoms with Gasteiger partial charge in [-0.25, -0.2) is 4.79 Å². The van der Waals surface area contributed by atoms with Crippen molar-refractivity contribution in [2.24, 2.45) is 5.41 Å². The van der Waals surface area contributed by atoms with E-state index in [9.17, 15) is 4.79 Å². The second kappa shape index (κ2) is 5.25. The van der Waals surface area contributed by atoms with Crippen molar-refractivity contribution in [1.29, 1.82) is 0 Å². The summed E-state index contributed by atoms with van der Waals surface area (Å²) < 4.78 is 0. The van der Waals surface area contributed by atoms with Crippen LogP contribution in [0.15, 0.2) is 0 Å². The maximum absolute atomic E-state index is 10.9. The summed E-state index contributed by atoms with van der Waals surface area (Å²) in [6.45, 7) is 7.36. The largest absolute Gasteiger partial charge is 0.465 e. The Morgan fingerprint density at radius 3 is 2.24 bits per heavy atom. The number of hydrogen-bond acceptors (Lipinski definition) is 2. The standard InChI is InChI=1S/C13H24N2O2/c1-13(11-14-7-3-2-4-8-14)5-9-15(10-6-13)12(16)17/h2-11H2,1H3,(H,16,17). The van der Waals surface area contributed by atoms with Gasteiger partial charge in [0.15, 0.2) is 0 Å². The van der Waals surface area contributed by atoms with Crippen LogP contribution < -0.4 is 0 Å². The summed E-state index contributed by atoms with van der Waals surface area (Å²) in [6.07, 6.45) is 5.30. The van der Waals surface area contributed by atoms with Gasteiger partial charge in [-0.15, -0.1) is 0 Å². The predicted molar refractivity (Wildman–Crippen MR) is 67.2 cm³/mol. The van der Waals surface area contributed by atoms with Crippen LogP contribution in [0, 0.1) is 5.41 Å². The molecule has 0 aromatic rings. The second-order valence-corrected chi connectivity index (χ2v) is 5.92. The van der Waals surface area contributed by atoms with E-state index in [1.165, 1.54) is 32.4 Å². The minimum atomic E-state index is -0.759. The van der Waals surface area contributed by atoms with E-state index < -0.39 is 6.09 Å². The number of piperidine rings is 2. The maximum Gasteiger partial charge on any atom is 0.407 e. The first-order chi connectivity index (χ1) is 8.09. The number of likely N-dealkylation sites (tertiary alicyclic amines) is 2. The number of nitrogens with zero attached hydrogens (tertiary/aromatic N) is 2. The molecule has 98 valence electrons. The molecule has 2 aliphatic rings. The molecule has 2 saturated heterocycles. The third kappa shape index (κ3) is 3.35. The van der Waals surface area contributed by atoms with E-state index in [-0.39, 0.29) is 0 Å². The molecule has 0 spiro atoms. The van der Waals surface area contributed by atoms with Crippen LogP contribution in [-0.4, -0.2) is 53.7 Å². The van der Waals surface area contributed by atoms with Gasteiger partial charge in [0, 0.05) is 19.6 Å². The van der Waals surface area contributed by atoms with E-state index in [1.807, 2.05) is 0 Å². The van der Waals surface area contributed by atoms with Crippen molar-refractivity contribution in [2.75, 3.05) is 32.7 Å². The van der Waals surface area contributed by atoms with Gasteiger partial charge in [0.25, 0.3) is 0 Å². The highest BCUT2D eigenvalue weighted by Gasteiger charge is 2.33. The lowest BCUT2D eigenvalue weighted by Gasteiger charge is -2.42. The molecule has 0 aliphatic carbocycles. The summed E-state index contributed by atoms with van der Waals surface area (Å²) in [7, 11) is 0. The first-order valence-corrected chi connectivity index (χ1v) is 6.79. The molecule has 0 bridgehead atoms. The highest BCUT2D eigenvalue weighted by Crippen LogP contribution is 2.32. The van der Waals surface area contributed by atoms with E-state index in [2.05, 4.69) is 11.8 Å². The van der Waals surface area contributed by atoms with Crippen LogP contribution in [0.1, 0.15) is 39.0 Å². The number of carboxylic acid groups (broad SMARTS) is 1. The molecule has 2 fully saturated rings. The molecular formula is C13H24N2O2. The van der Waals surface area contributed by atoms with Crippen molar-refractivity contribution in [1.82, 2.24) is 9.80 Å². The molecule has 0 radical (unpaired) electrons. The van der Waals surface area contributed by atoms with Crippen LogP contribution in [0.5, 0.6) is 0 Å². The molecule has 17 heavy (non-hydrogen) atoms. The van der Waals surface area contributed by atoms with Crippen LogP contribution in [0.25, 0.3) is 0 Å². The lowest BCUT2D eigenvalue weighted by atomic mass is 9.79. The Hall–Kier alpha value is -0.770. The zero-order valence-electron chi connectivity index (χ0n) is 10.8. The summed E-state index contributed by atoms with van der Waals surface area (Å²) in [4.78, 5) is 15.0. The lowest BCUT2D eigenvalue weighted by Crippen LogP contribution is -2.47. The van der Waals surface area contributed by atoms with Gasteiger partial charge in [-0.05, 0) is 44.2 Å². The predicted octanol–water partition coefficient (Wildman–Crippen LogP) is 2.25. The average molecular weight is 240 g/mol. The molecule has 2 heterocycles. The van der Waals surface area contributed by atoms with Crippen molar-refractivity contribution in [2.45, 2.75) is 39.0 Å². The van der Waals surface area contributed by atoms with Gasteiger partial charge in [-0.3, -0.25) is 0 Å². The van der Waals surface area contributed by atoms with Gasteiger partial charge in [0.1, 0.15) is 0 Å². The number of rotatable bonds is 2. The van der Waals surface area contributed by atoms with Crippen molar-refractivity contribution >= 4 is 6.09 Å². The monoisotopic (exact) mass is 240 g/mol. The van der Waals surface area contributed by atoms with Crippen molar-refractivity contribution in [3.63, 3.8) is 0 Å². The Balaban J connectivity index is 1.82. The van der Waals surface area contributed by atoms with Crippen molar-refractivity contribution in [3.8, 4) is 0 Å². The number of carbonyl (C=O) groups is 1. The van der Waals surface area contributed by atoms with Crippen LogP contribution >= 0.6 is 0 Å².